The van der Waals surface area contributed by atoms with E-state index in [-0.39, 0.29) is 18.5 Å². The molecule has 0 saturated heterocycles. The van der Waals surface area contributed by atoms with Crippen LogP contribution in [0.5, 0.6) is 0 Å². The second-order valence-electron chi connectivity index (χ2n) is 4.49. The maximum atomic E-state index is 9.63. The fourth-order valence-electron chi connectivity index (χ4n) is 1.87. The highest BCUT2D eigenvalue weighted by Gasteiger charge is 2.29. The highest BCUT2D eigenvalue weighted by molar-refractivity contribution is 5.85. The van der Waals surface area contributed by atoms with Gasteiger partial charge in [0.25, 0.3) is 0 Å². The van der Waals surface area contributed by atoms with Crippen LogP contribution in [0.2, 0.25) is 0 Å². The monoisotopic (exact) mass is 251 g/mol. The van der Waals surface area contributed by atoms with Crippen LogP contribution < -0.4 is 11.1 Å². The minimum absolute atomic E-state index is 0.0772. The molecule has 2 atom stereocenters. The fraction of sp³-hybridized carbons (Fsp3) is 0.462. The summed E-state index contributed by atoms with van der Waals surface area (Å²) in [6.45, 7) is 3.74. The number of nitrogens with two attached hydrogens (primary N) is 1. The molecule has 0 fully saturated rings. The van der Waals surface area contributed by atoms with Crippen molar-refractivity contribution in [2.45, 2.75) is 31.8 Å². The van der Waals surface area contributed by atoms with Gasteiger partial charge in [-0.05, 0) is 18.9 Å². The van der Waals surface area contributed by atoms with E-state index in [1.54, 1.807) is 0 Å². The molecule has 0 radical (unpaired) electrons. The summed E-state index contributed by atoms with van der Waals surface area (Å²) < 4.78 is 0. The lowest BCUT2D eigenvalue weighted by molar-refractivity contribution is 0.168. The summed E-state index contributed by atoms with van der Waals surface area (Å²) in [5.74, 6) is 0.119. The van der Waals surface area contributed by atoms with Crippen molar-refractivity contribution in [2.24, 2.45) is 10.9 Å². The molecule has 0 aromatic heterocycles. The fourth-order valence-corrected chi connectivity index (χ4v) is 1.87. The van der Waals surface area contributed by atoms with Crippen molar-refractivity contribution in [1.29, 1.82) is 0 Å². The average molecular weight is 251 g/mol. The molecular formula is C13H21N3O2. The Morgan fingerprint density at radius 1 is 1.44 bits per heavy atom. The normalized spacial score (nSPS) is 17.2. The predicted molar refractivity (Wildman–Crippen MR) is 71.5 cm³/mol. The Balaban J connectivity index is 2.96. The summed E-state index contributed by atoms with van der Waals surface area (Å²) in [5.41, 5.74) is 5.95. The zero-order valence-electron chi connectivity index (χ0n) is 10.8. The highest BCUT2D eigenvalue weighted by Crippen LogP contribution is 2.21. The SMILES string of the molecule is CCC(NC(C)(CO)c1ccccc1)/C(N)=N/O. The number of hydrogen-bond donors (Lipinski definition) is 4. The Kier molecular flexibility index (Phi) is 5.12. The molecule has 1 aromatic carbocycles. The second kappa shape index (κ2) is 6.37. The van der Waals surface area contributed by atoms with Crippen molar-refractivity contribution < 1.29 is 10.3 Å². The van der Waals surface area contributed by atoms with Crippen molar-refractivity contribution in [2.75, 3.05) is 6.61 Å². The zero-order valence-corrected chi connectivity index (χ0v) is 10.8. The molecule has 0 heterocycles. The van der Waals surface area contributed by atoms with Gasteiger partial charge in [0, 0.05) is 0 Å². The van der Waals surface area contributed by atoms with Gasteiger partial charge in [-0.2, -0.15) is 0 Å². The summed E-state index contributed by atoms with van der Waals surface area (Å²) in [6.07, 6.45) is 0.665. The Labute approximate surface area is 107 Å². The number of amidine groups is 1. The number of oxime groups is 1. The van der Waals surface area contributed by atoms with Crippen LogP contribution in [-0.2, 0) is 5.54 Å². The molecule has 5 nitrogen and oxygen atoms in total. The smallest absolute Gasteiger partial charge is 0.156 e. The summed E-state index contributed by atoms with van der Waals surface area (Å²) >= 11 is 0. The molecule has 0 amide bonds. The first kappa shape index (κ1) is 14.5. The molecule has 1 rings (SSSR count). The molecule has 0 bridgehead atoms. The standard InChI is InChI=1S/C13H21N3O2/c1-3-11(12(14)16-18)15-13(2,9-17)10-7-5-4-6-8-10/h4-8,11,15,17-18H,3,9H2,1-2H3,(H2,14,16). The minimum atomic E-state index is -0.628. The van der Waals surface area contributed by atoms with E-state index in [1.807, 2.05) is 44.2 Å². The third-order valence-corrected chi connectivity index (χ3v) is 3.10. The molecule has 0 aliphatic heterocycles. The van der Waals surface area contributed by atoms with E-state index in [4.69, 9.17) is 10.9 Å². The van der Waals surface area contributed by atoms with Crippen LogP contribution in [-0.4, -0.2) is 28.8 Å². The van der Waals surface area contributed by atoms with E-state index in [2.05, 4.69) is 10.5 Å². The van der Waals surface area contributed by atoms with Gasteiger partial charge in [-0.15, -0.1) is 0 Å². The number of rotatable bonds is 6. The van der Waals surface area contributed by atoms with Crippen LogP contribution in [0.15, 0.2) is 35.5 Å². The van der Waals surface area contributed by atoms with Crippen LogP contribution >= 0.6 is 0 Å². The van der Waals surface area contributed by atoms with Crippen molar-refractivity contribution in [3.8, 4) is 0 Å². The topological polar surface area (TPSA) is 90.9 Å². The van der Waals surface area contributed by atoms with Gasteiger partial charge in [-0.1, -0.05) is 42.4 Å². The van der Waals surface area contributed by atoms with Gasteiger partial charge in [0.05, 0.1) is 18.2 Å². The van der Waals surface area contributed by atoms with Crippen LogP contribution in [0.4, 0.5) is 0 Å². The summed E-state index contributed by atoms with van der Waals surface area (Å²) in [5, 5.41) is 24.6. The van der Waals surface area contributed by atoms with E-state index in [0.717, 1.165) is 5.56 Å². The van der Waals surface area contributed by atoms with Crippen LogP contribution in [0.1, 0.15) is 25.8 Å². The van der Waals surface area contributed by atoms with Gasteiger partial charge in [0.1, 0.15) is 0 Å². The van der Waals surface area contributed by atoms with Gasteiger partial charge in [0.2, 0.25) is 0 Å². The third-order valence-electron chi connectivity index (χ3n) is 3.10. The van der Waals surface area contributed by atoms with Gasteiger partial charge in [-0.3, -0.25) is 5.32 Å². The Morgan fingerprint density at radius 3 is 2.50 bits per heavy atom. The van der Waals surface area contributed by atoms with Crippen molar-refractivity contribution in [3.05, 3.63) is 35.9 Å². The minimum Gasteiger partial charge on any atom is -0.409 e. The summed E-state index contributed by atoms with van der Waals surface area (Å²) in [7, 11) is 0. The molecule has 18 heavy (non-hydrogen) atoms. The highest BCUT2D eigenvalue weighted by atomic mass is 16.4. The van der Waals surface area contributed by atoms with Gasteiger partial charge < -0.3 is 16.0 Å². The Hall–Kier alpha value is -1.59. The number of benzene rings is 1. The lowest BCUT2D eigenvalue weighted by atomic mass is 9.91. The molecule has 5 heteroatoms. The molecule has 0 spiro atoms. The van der Waals surface area contributed by atoms with Crippen LogP contribution in [0, 0.1) is 0 Å². The van der Waals surface area contributed by atoms with Gasteiger partial charge in [0.15, 0.2) is 5.84 Å². The molecule has 1 aromatic rings. The van der Waals surface area contributed by atoms with Crippen LogP contribution in [0.3, 0.4) is 0 Å². The molecular weight excluding hydrogens is 230 g/mol. The van der Waals surface area contributed by atoms with E-state index < -0.39 is 5.54 Å². The lowest BCUT2D eigenvalue weighted by Crippen LogP contribution is -2.53. The molecule has 0 aliphatic carbocycles. The first-order valence-corrected chi connectivity index (χ1v) is 5.99. The molecule has 0 aliphatic rings. The average Bonchev–Trinajstić information content (AvgIpc) is 2.44. The summed E-state index contributed by atoms with van der Waals surface area (Å²) in [4.78, 5) is 0. The van der Waals surface area contributed by atoms with Crippen LogP contribution in [0.25, 0.3) is 0 Å². The number of aliphatic hydroxyl groups is 1. The molecule has 5 N–H and O–H groups in total. The number of aliphatic hydroxyl groups excluding tert-OH is 1. The first-order valence-electron chi connectivity index (χ1n) is 5.99. The number of nitrogens with zero attached hydrogens (tertiary/aromatic N) is 1. The second-order valence-corrected chi connectivity index (χ2v) is 4.49. The maximum absolute atomic E-state index is 9.63. The lowest BCUT2D eigenvalue weighted by Gasteiger charge is -2.33. The van der Waals surface area contributed by atoms with E-state index in [9.17, 15) is 5.11 Å². The number of hydrogen-bond acceptors (Lipinski definition) is 4. The molecule has 0 saturated carbocycles. The van der Waals surface area contributed by atoms with Crippen molar-refractivity contribution >= 4 is 5.84 Å². The van der Waals surface area contributed by atoms with Crippen molar-refractivity contribution in [3.63, 3.8) is 0 Å². The van der Waals surface area contributed by atoms with Crippen molar-refractivity contribution in [1.82, 2.24) is 5.32 Å². The summed E-state index contributed by atoms with van der Waals surface area (Å²) in [6, 6.07) is 9.32. The van der Waals surface area contributed by atoms with Gasteiger partial charge >= 0.3 is 0 Å². The molecule has 2 unspecified atom stereocenters. The predicted octanol–water partition coefficient (Wildman–Crippen LogP) is 1.01. The first-order chi connectivity index (χ1) is 8.57. The maximum Gasteiger partial charge on any atom is 0.156 e. The quantitative estimate of drug-likeness (QED) is 0.263. The number of nitrogens with one attached hydrogen (secondary N) is 1. The zero-order chi connectivity index (χ0) is 13.6. The third kappa shape index (κ3) is 3.21. The Bertz CT molecular complexity index is 394. The molecule has 100 valence electrons. The largest absolute Gasteiger partial charge is 0.409 e. The van der Waals surface area contributed by atoms with E-state index >= 15 is 0 Å². The van der Waals surface area contributed by atoms with E-state index in [1.165, 1.54) is 0 Å². The van der Waals surface area contributed by atoms with E-state index in [0.29, 0.717) is 6.42 Å². The van der Waals surface area contributed by atoms with Gasteiger partial charge in [-0.25, -0.2) is 0 Å². The Morgan fingerprint density at radius 2 is 2.06 bits per heavy atom.